The van der Waals surface area contributed by atoms with Crippen molar-refractivity contribution in [3.05, 3.63) is 52.3 Å². The van der Waals surface area contributed by atoms with Gasteiger partial charge < -0.3 is 11.1 Å². The number of rotatable bonds is 3. The number of fused-ring (bicyclic) bond motifs is 1. The molecular formula is C17H9Cl2F3N6S. The number of benzene rings is 1. The average Bonchev–Trinajstić information content (AvgIpc) is 3.02. The quantitative estimate of drug-likeness (QED) is 0.404. The molecule has 0 aliphatic carbocycles. The lowest BCUT2D eigenvalue weighted by molar-refractivity contribution is -0.137. The van der Waals surface area contributed by atoms with Gasteiger partial charge in [0.1, 0.15) is 5.52 Å². The molecule has 0 bridgehead atoms. The fourth-order valence-electron chi connectivity index (χ4n) is 2.54. The Labute approximate surface area is 175 Å². The van der Waals surface area contributed by atoms with E-state index in [2.05, 4.69) is 25.3 Å². The van der Waals surface area contributed by atoms with E-state index in [4.69, 9.17) is 28.9 Å². The normalized spacial score (nSPS) is 11.8. The first-order valence-corrected chi connectivity index (χ1v) is 9.47. The molecule has 0 saturated carbocycles. The summed E-state index contributed by atoms with van der Waals surface area (Å²) in [5.74, 6) is 0.453. The summed E-state index contributed by atoms with van der Waals surface area (Å²) in [7, 11) is 0. The first-order valence-electron chi connectivity index (χ1n) is 7.90. The lowest BCUT2D eigenvalue weighted by atomic mass is 10.2. The topological polar surface area (TPSA) is 89.6 Å². The van der Waals surface area contributed by atoms with Gasteiger partial charge in [-0.15, -0.1) is 0 Å². The first-order chi connectivity index (χ1) is 13.7. The molecule has 4 rings (SSSR count). The second kappa shape index (κ2) is 7.29. The number of aromatic nitrogens is 4. The monoisotopic (exact) mass is 456 g/mol. The summed E-state index contributed by atoms with van der Waals surface area (Å²) in [5.41, 5.74) is 6.15. The van der Waals surface area contributed by atoms with Crippen molar-refractivity contribution in [2.45, 2.75) is 6.18 Å². The van der Waals surface area contributed by atoms with Crippen LogP contribution < -0.4 is 11.1 Å². The molecule has 3 N–H and O–H groups in total. The van der Waals surface area contributed by atoms with E-state index in [0.717, 1.165) is 23.5 Å². The molecule has 1 aromatic carbocycles. The molecule has 0 radical (unpaired) electrons. The highest BCUT2D eigenvalue weighted by molar-refractivity contribution is 7.21. The molecule has 4 aromatic rings. The number of nitrogens with zero attached hydrogens (tertiary/aromatic N) is 4. The molecule has 0 aliphatic heterocycles. The Kier molecular flexibility index (Phi) is 4.93. The molecule has 0 saturated heterocycles. The fourth-order valence-corrected chi connectivity index (χ4v) is 3.78. The average molecular weight is 457 g/mol. The van der Waals surface area contributed by atoms with Crippen LogP contribution in [0.25, 0.3) is 21.7 Å². The Balaban J connectivity index is 1.81. The third-order valence-corrected chi connectivity index (χ3v) is 5.18. The largest absolute Gasteiger partial charge is 0.416 e. The van der Waals surface area contributed by atoms with E-state index in [0.29, 0.717) is 21.6 Å². The summed E-state index contributed by atoms with van der Waals surface area (Å²) in [5, 5.41) is 3.70. The number of nitrogens with one attached hydrogen (secondary N) is 1. The minimum absolute atomic E-state index is 0.202. The summed E-state index contributed by atoms with van der Waals surface area (Å²) in [6.07, 6.45) is -1.62. The lowest BCUT2D eigenvalue weighted by Gasteiger charge is -2.11. The molecule has 0 unspecified atom stereocenters. The van der Waals surface area contributed by atoms with Gasteiger partial charge in [-0.3, -0.25) is 4.98 Å². The molecule has 12 heteroatoms. The van der Waals surface area contributed by atoms with Crippen molar-refractivity contribution >= 4 is 61.5 Å². The van der Waals surface area contributed by atoms with E-state index in [1.165, 1.54) is 24.5 Å². The molecule has 3 heterocycles. The fraction of sp³-hybridized carbons (Fsp3) is 0.0588. The summed E-state index contributed by atoms with van der Waals surface area (Å²) >= 11 is 13.5. The molecule has 29 heavy (non-hydrogen) atoms. The summed E-state index contributed by atoms with van der Waals surface area (Å²) in [6, 6.07) is 4.51. The standard InChI is InChI=1S/C17H9Cl2F3N6S/c18-9-5-24-6-10(19)11(9)13-27-14(12-15(28-13)29-16(23)26-12)25-8-3-1-7(2-4-8)17(20,21)22/h1-6H,(H2,23,26)(H,25,27,28). The van der Waals surface area contributed by atoms with E-state index in [-0.39, 0.29) is 26.8 Å². The Morgan fingerprint density at radius 2 is 1.62 bits per heavy atom. The zero-order valence-electron chi connectivity index (χ0n) is 14.1. The van der Waals surface area contributed by atoms with Crippen LogP contribution in [0, 0.1) is 0 Å². The van der Waals surface area contributed by atoms with Crippen molar-refractivity contribution in [2.24, 2.45) is 0 Å². The van der Waals surface area contributed by atoms with Gasteiger partial charge in [0.05, 0.1) is 21.2 Å². The number of pyridine rings is 1. The molecule has 148 valence electrons. The molecule has 0 atom stereocenters. The maximum absolute atomic E-state index is 12.8. The van der Waals surface area contributed by atoms with Crippen molar-refractivity contribution < 1.29 is 13.2 Å². The van der Waals surface area contributed by atoms with Crippen molar-refractivity contribution in [3.63, 3.8) is 0 Å². The van der Waals surface area contributed by atoms with Crippen LogP contribution in [0.3, 0.4) is 0 Å². The number of alkyl halides is 3. The third kappa shape index (κ3) is 3.91. The SMILES string of the molecule is Nc1nc2c(Nc3ccc(C(F)(F)F)cc3)nc(-c3c(Cl)cncc3Cl)nc2s1. The minimum Gasteiger partial charge on any atom is -0.375 e. The predicted molar refractivity (Wildman–Crippen MR) is 108 cm³/mol. The van der Waals surface area contributed by atoms with Gasteiger partial charge in [0.2, 0.25) is 0 Å². The van der Waals surface area contributed by atoms with Crippen LogP contribution in [0.2, 0.25) is 10.0 Å². The maximum atomic E-state index is 12.8. The van der Waals surface area contributed by atoms with E-state index < -0.39 is 11.7 Å². The number of nitrogens with two attached hydrogens (primary N) is 1. The number of hydrogen-bond acceptors (Lipinski definition) is 7. The smallest absolute Gasteiger partial charge is 0.375 e. The Morgan fingerprint density at radius 3 is 2.24 bits per heavy atom. The minimum atomic E-state index is -4.42. The number of thiazole rings is 1. The predicted octanol–water partition coefficient (Wildman–Crippen LogP) is 5.80. The van der Waals surface area contributed by atoms with Gasteiger partial charge in [0.15, 0.2) is 21.6 Å². The van der Waals surface area contributed by atoms with Crippen molar-refractivity contribution in [3.8, 4) is 11.4 Å². The Morgan fingerprint density at radius 1 is 0.966 bits per heavy atom. The Bertz CT molecular complexity index is 1190. The van der Waals surface area contributed by atoms with Crippen LogP contribution in [0.1, 0.15) is 5.56 Å². The summed E-state index contributed by atoms with van der Waals surface area (Å²) in [6.45, 7) is 0. The van der Waals surface area contributed by atoms with E-state index in [1.807, 2.05) is 0 Å². The summed E-state index contributed by atoms with van der Waals surface area (Å²) in [4.78, 5) is 17.4. The second-order valence-corrected chi connectivity index (χ2v) is 7.60. The molecule has 6 nitrogen and oxygen atoms in total. The van der Waals surface area contributed by atoms with Crippen LogP contribution in [-0.4, -0.2) is 19.9 Å². The highest BCUT2D eigenvalue weighted by Crippen LogP contribution is 2.36. The molecular weight excluding hydrogens is 448 g/mol. The van der Waals surface area contributed by atoms with E-state index in [1.54, 1.807) is 0 Å². The van der Waals surface area contributed by atoms with Crippen LogP contribution in [0.5, 0.6) is 0 Å². The van der Waals surface area contributed by atoms with E-state index in [9.17, 15) is 13.2 Å². The lowest BCUT2D eigenvalue weighted by Crippen LogP contribution is -2.05. The van der Waals surface area contributed by atoms with Crippen LogP contribution in [0.4, 0.5) is 29.8 Å². The van der Waals surface area contributed by atoms with Gasteiger partial charge in [-0.2, -0.15) is 13.2 Å². The van der Waals surface area contributed by atoms with Crippen molar-refractivity contribution in [1.82, 2.24) is 19.9 Å². The van der Waals surface area contributed by atoms with Crippen molar-refractivity contribution in [2.75, 3.05) is 11.1 Å². The molecule has 0 spiro atoms. The summed E-state index contributed by atoms with van der Waals surface area (Å²) < 4.78 is 38.3. The highest BCUT2D eigenvalue weighted by Gasteiger charge is 2.30. The van der Waals surface area contributed by atoms with Crippen LogP contribution >= 0.6 is 34.5 Å². The van der Waals surface area contributed by atoms with Crippen LogP contribution in [-0.2, 0) is 6.18 Å². The van der Waals surface area contributed by atoms with Crippen LogP contribution in [0.15, 0.2) is 36.7 Å². The molecule has 0 amide bonds. The maximum Gasteiger partial charge on any atom is 0.416 e. The number of nitrogen functional groups attached to an aromatic ring is 1. The first kappa shape index (κ1) is 19.6. The number of hydrogen-bond donors (Lipinski definition) is 2. The van der Waals surface area contributed by atoms with Gasteiger partial charge in [0.25, 0.3) is 0 Å². The van der Waals surface area contributed by atoms with E-state index >= 15 is 0 Å². The molecule has 0 fully saturated rings. The highest BCUT2D eigenvalue weighted by atomic mass is 35.5. The zero-order valence-corrected chi connectivity index (χ0v) is 16.5. The Hall–Kier alpha value is -2.69. The zero-order chi connectivity index (χ0) is 20.8. The number of halogens is 5. The third-order valence-electron chi connectivity index (χ3n) is 3.83. The van der Waals surface area contributed by atoms with Gasteiger partial charge in [-0.05, 0) is 24.3 Å². The number of anilines is 3. The molecule has 0 aliphatic rings. The van der Waals surface area contributed by atoms with Gasteiger partial charge in [-0.1, -0.05) is 34.5 Å². The van der Waals surface area contributed by atoms with Gasteiger partial charge >= 0.3 is 6.18 Å². The van der Waals surface area contributed by atoms with Crippen molar-refractivity contribution in [1.29, 1.82) is 0 Å². The van der Waals surface area contributed by atoms with Gasteiger partial charge in [0, 0.05) is 18.1 Å². The van der Waals surface area contributed by atoms with Gasteiger partial charge in [-0.25, -0.2) is 15.0 Å². The second-order valence-electron chi connectivity index (χ2n) is 5.78. The molecule has 3 aromatic heterocycles.